The van der Waals surface area contributed by atoms with Crippen LogP contribution in [0.5, 0.6) is 0 Å². The molecule has 0 aliphatic heterocycles. The molecule has 2 N–H and O–H groups in total. The Bertz CT molecular complexity index is 610. The van der Waals surface area contributed by atoms with Crippen LogP contribution < -0.4 is 10.6 Å². The summed E-state index contributed by atoms with van der Waals surface area (Å²) in [5.41, 5.74) is 0.532. The lowest BCUT2D eigenvalue weighted by atomic mass is 10.3. The number of amides is 2. The van der Waals surface area contributed by atoms with Gasteiger partial charge in [-0.1, -0.05) is 18.2 Å². The molecule has 2 amide bonds. The molecule has 0 aliphatic rings. The highest BCUT2D eigenvalue weighted by atomic mass is 79.9. The molecular weight excluding hydrogens is 355 g/mol. The molecule has 0 atom stereocenters. The van der Waals surface area contributed by atoms with Crippen molar-refractivity contribution < 1.29 is 9.18 Å². The quantitative estimate of drug-likeness (QED) is 0.602. The van der Waals surface area contributed by atoms with Gasteiger partial charge >= 0.3 is 6.03 Å². The number of anilines is 1. The average Bonchev–Trinajstić information content (AvgIpc) is 2.48. The molecule has 0 unspecified atom stereocenters. The number of benzene rings is 2. The lowest BCUT2D eigenvalue weighted by Gasteiger charge is -2.09. The summed E-state index contributed by atoms with van der Waals surface area (Å²) in [6, 6.07) is 13.8. The number of halogens is 2. The molecule has 0 radical (unpaired) electrons. The monoisotopic (exact) mass is 368 g/mol. The van der Waals surface area contributed by atoms with Gasteiger partial charge in [-0.25, -0.2) is 9.18 Å². The van der Waals surface area contributed by atoms with Gasteiger partial charge in [0.2, 0.25) is 0 Å². The van der Waals surface area contributed by atoms with E-state index in [4.69, 9.17) is 0 Å². The second kappa shape index (κ2) is 8.05. The van der Waals surface area contributed by atoms with E-state index in [1.165, 1.54) is 23.1 Å². The summed E-state index contributed by atoms with van der Waals surface area (Å²) in [7, 11) is 0. The van der Waals surface area contributed by atoms with Crippen LogP contribution in [-0.4, -0.2) is 18.3 Å². The van der Waals surface area contributed by atoms with Crippen molar-refractivity contribution in [1.29, 1.82) is 0 Å². The Morgan fingerprint density at radius 3 is 2.67 bits per heavy atom. The van der Waals surface area contributed by atoms with Crippen LogP contribution in [0.15, 0.2) is 57.9 Å². The van der Waals surface area contributed by atoms with Crippen molar-refractivity contribution in [2.24, 2.45) is 0 Å². The van der Waals surface area contributed by atoms with Gasteiger partial charge in [0, 0.05) is 21.7 Å². The zero-order valence-electron chi connectivity index (χ0n) is 11.1. The Hall–Kier alpha value is -1.53. The van der Waals surface area contributed by atoms with Gasteiger partial charge in [0.1, 0.15) is 5.82 Å². The minimum Gasteiger partial charge on any atom is -0.337 e. The summed E-state index contributed by atoms with van der Waals surface area (Å²) < 4.78 is 13.4. The van der Waals surface area contributed by atoms with Crippen molar-refractivity contribution in [2.45, 2.75) is 4.90 Å². The maximum absolute atomic E-state index is 12.9. The number of carbonyl (C=O) groups is 1. The predicted octanol–water partition coefficient (Wildman–Crippen LogP) is 4.50. The summed E-state index contributed by atoms with van der Waals surface area (Å²) in [4.78, 5) is 12.9. The van der Waals surface area contributed by atoms with Crippen LogP contribution in [0.25, 0.3) is 0 Å². The van der Waals surface area contributed by atoms with E-state index in [1.54, 1.807) is 11.8 Å². The number of urea groups is 1. The molecule has 0 saturated carbocycles. The highest BCUT2D eigenvalue weighted by Gasteiger charge is 2.05. The van der Waals surface area contributed by atoms with Gasteiger partial charge in [-0.05, 0) is 46.3 Å². The zero-order chi connectivity index (χ0) is 15.1. The molecule has 2 aromatic rings. The molecule has 0 heterocycles. The molecule has 0 fully saturated rings. The van der Waals surface area contributed by atoms with Crippen molar-refractivity contribution in [2.75, 3.05) is 17.6 Å². The largest absolute Gasteiger partial charge is 0.337 e. The molecule has 110 valence electrons. The first-order chi connectivity index (χ1) is 10.1. The number of carbonyl (C=O) groups excluding carboxylic acids is 1. The van der Waals surface area contributed by atoms with Crippen molar-refractivity contribution in [3.05, 3.63) is 58.8 Å². The van der Waals surface area contributed by atoms with Gasteiger partial charge in [0.05, 0.1) is 5.69 Å². The third-order valence-electron chi connectivity index (χ3n) is 2.58. The molecule has 6 heteroatoms. The lowest BCUT2D eigenvalue weighted by molar-refractivity contribution is 0.252. The van der Waals surface area contributed by atoms with E-state index in [0.29, 0.717) is 16.7 Å². The van der Waals surface area contributed by atoms with Crippen LogP contribution in [0.4, 0.5) is 14.9 Å². The first-order valence-corrected chi connectivity index (χ1v) is 8.11. The fourth-order valence-electron chi connectivity index (χ4n) is 1.61. The minimum absolute atomic E-state index is 0.309. The van der Waals surface area contributed by atoms with E-state index in [9.17, 15) is 9.18 Å². The Kier molecular flexibility index (Phi) is 6.07. The maximum Gasteiger partial charge on any atom is 0.319 e. The zero-order valence-corrected chi connectivity index (χ0v) is 13.5. The third kappa shape index (κ3) is 5.40. The van der Waals surface area contributed by atoms with Gasteiger partial charge in [0.25, 0.3) is 0 Å². The summed E-state index contributed by atoms with van der Waals surface area (Å²) in [5, 5.41) is 5.42. The maximum atomic E-state index is 12.9. The van der Waals surface area contributed by atoms with Gasteiger partial charge in [-0.2, -0.15) is 0 Å². The molecule has 0 spiro atoms. The lowest BCUT2D eigenvalue weighted by Crippen LogP contribution is -2.30. The molecule has 2 rings (SSSR count). The molecule has 2 aromatic carbocycles. The van der Waals surface area contributed by atoms with Crippen molar-refractivity contribution in [3.63, 3.8) is 0 Å². The first kappa shape index (κ1) is 15.9. The van der Waals surface area contributed by atoms with E-state index in [2.05, 4.69) is 26.6 Å². The highest BCUT2D eigenvalue weighted by molar-refractivity contribution is 9.10. The summed E-state index contributed by atoms with van der Waals surface area (Å²) in [6.45, 7) is 0.546. The van der Waals surface area contributed by atoms with E-state index in [-0.39, 0.29) is 11.8 Å². The van der Waals surface area contributed by atoms with E-state index >= 15 is 0 Å². The Morgan fingerprint density at radius 1 is 1.19 bits per heavy atom. The van der Waals surface area contributed by atoms with Crippen molar-refractivity contribution in [1.82, 2.24) is 5.32 Å². The fourth-order valence-corrected chi connectivity index (χ4v) is 2.85. The van der Waals surface area contributed by atoms with Crippen LogP contribution in [0.1, 0.15) is 0 Å². The first-order valence-electron chi connectivity index (χ1n) is 6.33. The smallest absolute Gasteiger partial charge is 0.319 e. The second-order valence-electron chi connectivity index (χ2n) is 4.17. The summed E-state index contributed by atoms with van der Waals surface area (Å²) in [5.74, 6) is 0.425. The van der Waals surface area contributed by atoms with Gasteiger partial charge < -0.3 is 10.6 Å². The molecule has 21 heavy (non-hydrogen) atoms. The number of thioether (sulfide) groups is 1. The molecule has 0 aromatic heterocycles. The number of rotatable bonds is 5. The van der Waals surface area contributed by atoms with E-state index < -0.39 is 0 Å². The van der Waals surface area contributed by atoms with Crippen molar-refractivity contribution in [3.8, 4) is 0 Å². The Balaban J connectivity index is 1.72. The summed E-state index contributed by atoms with van der Waals surface area (Å²) in [6.07, 6.45) is 0. The van der Waals surface area contributed by atoms with Crippen LogP contribution >= 0.6 is 27.7 Å². The molecule has 3 nitrogen and oxygen atoms in total. The Morgan fingerprint density at radius 2 is 1.95 bits per heavy atom. The molecular formula is C15H14BrFN2OS. The second-order valence-corrected chi connectivity index (χ2v) is 6.19. The third-order valence-corrected chi connectivity index (χ3v) is 4.25. The van der Waals surface area contributed by atoms with Gasteiger partial charge in [-0.15, -0.1) is 11.8 Å². The SMILES string of the molecule is O=C(NCCSc1ccccc1)Nc1ccc(F)cc1Br. The summed E-state index contributed by atoms with van der Waals surface area (Å²) >= 11 is 4.87. The van der Waals surface area contributed by atoms with E-state index in [1.807, 2.05) is 30.3 Å². The topological polar surface area (TPSA) is 41.1 Å². The predicted molar refractivity (Wildman–Crippen MR) is 88.3 cm³/mol. The average molecular weight is 369 g/mol. The molecule has 0 saturated heterocycles. The number of nitrogens with one attached hydrogen (secondary N) is 2. The van der Waals surface area contributed by atoms with Crippen molar-refractivity contribution >= 4 is 39.4 Å². The standard InChI is InChI=1S/C15H14BrFN2OS/c16-13-10-11(17)6-7-14(13)19-15(20)18-8-9-21-12-4-2-1-3-5-12/h1-7,10H,8-9H2,(H2,18,19,20). The van der Waals surface area contributed by atoms with Crippen LogP contribution in [-0.2, 0) is 0 Å². The molecule has 0 bridgehead atoms. The van der Waals surface area contributed by atoms with E-state index in [0.717, 1.165) is 5.75 Å². The normalized spacial score (nSPS) is 10.2. The van der Waals surface area contributed by atoms with Gasteiger partial charge in [-0.3, -0.25) is 0 Å². The van der Waals surface area contributed by atoms with Crippen LogP contribution in [0.3, 0.4) is 0 Å². The van der Waals surface area contributed by atoms with Crippen LogP contribution in [0.2, 0.25) is 0 Å². The van der Waals surface area contributed by atoms with Gasteiger partial charge in [0.15, 0.2) is 0 Å². The minimum atomic E-state index is -0.355. The fraction of sp³-hybridized carbons (Fsp3) is 0.133. The van der Waals surface area contributed by atoms with Crippen LogP contribution in [0, 0.1) is 5.82 Å². The Labute approximate surface area is 135 Å². The molecule has 0 aliphatic carbocycles. The number of hydrogen-bond acceptors (Lipinski definition) is 2. The highest BCUT2D eigenvalue weighted by Crippen LogP contribution is 2.22. The number of hydrogen-bond donors (Lipinski definition) is 2.